The first kappa shape index (κ1) is 11.3. The van der Waals surface area contributed by atoms with Gasteiger partial charge in [0, 0.05) is 24.0 Å². The number of nitrogens with one attached hydrogen (secondary N) is 1. The molecular weight excluding hydrogens is 244 g/mol. The van der Waals surface area contributed by atoms with Crippen molar-refractivity contribution in [2.24, 2.45) is 0 Å². The van der Waals surface area contributed by atoms with Gasteiger partial charge in [0.05, 0.1) is 16.1 Å². The quantitative estimate of drug-likeness (QED) is 0.517. The van der Waals surface area contributed by atoms with E-state index in [9.17, 15) is 14.9 Å². The Hall–Kier alpha value is -2.14. The standard InChI is InChI=1S/C11H7ClN2O3/c12-11(15)9-6-13-5-8(9)7-3-1-2-4-10(7)14(16)17/h1-6,13H. The molecule has 0 radical (unpaired) electrons. The molecule has 1 N–H and O–H groups in total. The van der Waals surface area contributed by atoms with Crippen molar-refractivity contribution in [3.8, 4) is 11.1 Å². The lowest BCUT2D eigenvalue weighted by Crippen LogP contribution is -1.94. The Kier molecular flexibility index (Phi) is 2.93. The van der Waals surface area contributed by atoms with E-state index in [-0.39, 0.29) is 11.3 Å². The molecule has 86 valence electrons. The van der Waals surface area contributed by atoms with E-state index >= 15 is 0 Å². The molecule has 2 aromatic rings. The number of hydrogen-bond acceptors (Lipinski definition) is 3. The molecule has 0 saturated heterocycles. The first-order valence-electron chi connectivity index (χ1n) is 4.71. The Balaban J connectivity index is 2.64. The Labute approximate surface area is 101 Å². The van der Waals surface area contributed by atoms with Gasteiger partial charge >= 0.3 is 0 Å². The predicted octanol–water partition coefficient (Wildman–Crippen LogP) is 2.97. The molecule has 6 heteroatoms. The number of nitrogens with zero attached hydrogens (tertiary/aromatic N) is 1. The number of nitro groups is 1. The molecule has 0 bridgehead atoms. The molecule has 17 heavy (non-hydrogen) atoms. The van der Waals surface area contributed by atoms with Crippen LogP contribution in [0, 0.1) is 10.1 Å². The van der Waals surface area contributed by atoms with Crippen LogP contribution in [0.25, 0.3) is 11.1 Å². The lowest BCUT2D eigenvalue weighted by atomic mass is 10.0. The summed E-state index contributed by atoms with van der Waals surface area (Å²) in [5.41, 5.74) is 0.951. The smallest absolute Gasteiger partial charge is 0.277 e. The SMILES string of the molecule is O=C(Cl)c1c[nH]cc1-c1ccccc1[N+](=O)[O-]. The topological polar surface area (TPSA) is 76.0 Å². The fourth-order valence-electron chi connectivity index (χ4n) is 1.61. The van der Waals surface area contributed by atoms with Crippen molar-refractivity contribution in [1.29, 1.82) is 0 Å². The van der Waals surface area contributed by atoms with E-state index in [0.717, 1.165) is 0 Å². The van der Waals surface area contributed by atoms with Crippen LogP contribution in [0.15, 0.2) is 36.7 Å². The highest BCUT2D eigenvalue weighted by Crippen LogP contribution is 2.32. The highest BCUT2D eigenvalue weighted by Gasteiger charge is 2.19. The molecule has 0 aliphatic rings. The van der Waals surface area contributed by atoms with Crippen molar-refractivity contribution in [2.45, 2.75) is 0 Å². The minimum atomic E-state index is -0.653. The number of aromatic amines is 1. The average molecular weight is 251 g/mol. The lowest BCUT2D eigenvalue weighted by Gasteiger charge is -2.01. The number of hydrogen-bond donors (Lipinski definition) is 1. The number of nitro benzene ring substituents is 1. The van der Waals surface area contributed by atoms with Crippen molar-refractivity contribution in [3.05, 3.63) is 52.3 Å². The second kappa shape index (κ2) is 4.39. The summed E-state index contributed by atoms with van der Waals surface area (Å²) in [5.74, 6) is 0. The fraction of sp³-hybridized carbons (Fsp3) is 0. The summed E-state index contributed by atoms with van der Waals surface area (Å²) in [6.07, 6.45) is 2.93. The van der Waals surface area contributed by atoms with Crippen molar-refractivity contribution >= 4 is 22.5 Å². The van der Waals surface area contributed by atoms with Gasteiger partial charge in [-0.1, -0.05) is 12.1 Å². The minimum absolute atomic E-state index is 0.0636. The van der Waals surface area contributed by atoms with Crippen LogP contribution >= 0.6 is 11.6 Å². The maximum absolute atomic E-state index is 11.2. The molecule has 0 unspecified atom stereocenters. The number of aromatic nitrogens is 1. The first-order chi connectivity index (χ1) is 8.11. The molecule has 1 aromatic carbocycles. The summed E-state index contributed by atoms with van der Waals surface area (Å²) in [7, 11) is 0. The van der Waals surface area contributed by atoms with Gasteiger partial charge in [0.1, 0.15) is 0 Å². The Morgan fingerprint density at radius 2 is 1.94 bits per heavy atom. The summed E-state index contributed by atoms with van der Waals surface area (Å²) in [6, 6.07) is 6.18. The Morgan fingerprint density at radius 3 is 2.59 bits per heavy atom. The second-order valence-corrected chi connectivity index (χ2v) is 3.67. The van der Waals surface area contributed by atoms with Gasteiger partial charge in [-0.25, -0.2) is 0 Å². The van der Waals surface area contributed by atoms with Crippen LogP contribution in [0.2, 0.25) is 0 Å². The highest BCUT2D eigenvalue weighted by atomic mass is 35.5. The van der Waals surface area contributed by atoms with Gasteiger partial charge in [0.2, 0.25) is 0 Å². The van der Waals surface area contributed by atoms with Crippen LogP contribution in [0.1, 0.15) is 10.4 Å². The molecule has 1 aromatic heterocycles. The zero-order valence-corrected chi connectivity index (χ0v) is 9.27. The third-order valence-electron chi connectivity index (χ3n) is 2.35. The largest absolute Gasteiger partial charge is 0.366 e. The van der Waals surface area contributed by atoms with E-state index in [0.29, 0.717) is 11.1 Å². The van der Waals surface area contributed by atoms with Crippen molar-refractivity contribution in [2.75, 3.05) is 0 Å². The van der Waals surface area contributed by atoms with E-state index in [1.54, 1.807) is 18.2 Å². The molecule has 0 spiro atoms. The fourth-order valence-corrected chi connectivity index (χ4v) is 1.77. The number of benzene rings is 1. The summed E-state index contributed by atoms with van der Waals surface area (Å²) in [6.45, 7) is 0. The molecule has 0 atom stereocenters. The zero-order chi connectivity index (χ0) is 12.4. The van der Waals surface area contributed by atoms with Gasteiger partial charge in [-0.15, -0.1) is 0 Å². The summed E-state index contributed by atoms with van der Waals surface area (Å²) in [5, 5.41) is 10.2. The van der Waals surface area contributed by atoms with Crippen molar-refractivity contribution in [3.63, 3.8) is 0 Å². The van der Waals surface area contributed by atoms with Gasteiger partial charge in [-0.05, 0) is 17.7 Å². The molecule has 0 amide bonds. The van der Waals surface area contributed by atoms with Gasteiger partial charge in [0.25, 0.3) is 10.9 Å². The van der Waals surface area contributed by atoms with Crippen LogP contribution in [0.5, 0.6) is 0 Å². The van der Waals surface area contributed by atoms with Crippen LogP contribution in [-0.4, -0.2) is 15.1 Å². The summed E-state index contributed by atoms with van der Waals surface area (Å²) < 4.78 is 0. The van der Waals surface area contributed by atoms with Crippen molar-refractivity contribution in [1.82, 2.24) is 4.98 Å². The summed E-state index contributed by atoms with van der Waals surface area (Å²) in [4.78, 5) is 24.3. The van der Waals surface area contributed by atoms with Gasteiger partial charge in [0.15, 0.2) is 0 Å². The average Bonchev–Trinajstić information content (AvgIpc) is 2.77. The van der Waals surface area contributed by atoms with E-state index in [4.69, 9.17) is 11.6 Å². The molecule has 0 saturated carbocycles. The lowest BCUT2D eigenvalue weighted by molar-refractivity contribution is -0.384. The van der Waals surface area contributed by atoms with Crippen molar-refractivity contribution < 1.29 is 9.72 Å². The molecule has 0 aliphatic heterocycles. The predicted molar refractivity (Wildman–Crippen MR) is 63.1 cm³/mol. The molecule has 2 rings (SSSR count). The molecule has 5 nitrogen and oxygen atoms in total. The number of para-hydroxylation sites is 1. The van der Waals surface area contributed by atoms with E-state index < -0.39 is 10.2 Å². The highest BCUT2D eigenvalue weighted by molar-refractivity contribution is 6.68. The minimum Gasteiger partial charge on any atom is -0.366 e. The maximum atomic E-state index is 11.2. The number of carbonyl (C=O) groups is 1. The first-order valence-corrected chi connectivity index (χ1v) is 5.09. The third kappa shape index (κ3) is 2.05. The number of carbonyl (C=O) groups excluding carboxylic acids is 1. The van der Waals surface area contributed by atoms with Gasteiger partial charge < -0.3 is 4.98 Å². The van der Waals surface area contributed by atoms with Crippen LogP contribution in [0.3, 0.4) is 0 Å². The monoisotopic (exact) mass is 250 g/mol. The molecular formula is C11H7ClN2O3. The molecule has 0 aliphatic carbocycles. The van der Waals surface area contributed by atoms with Crippen LogP contribution in [-0.2, 0) is 0 Å². The van der Waals surface area contributed by atoms with Crippen LogP contribution in [0.4, 0.5) is 5.69 Å². The summed E-state index contributed by atoms with van der Waals surface area (Å²) >= 11 is 5.40. The van der Waals surface area contributed by atoms with E-state index in [1.165, 1.54) is 18.5 Å². The molecule has 1 heterocycles. The second-order valence-electron chi connectivity index (χ2n) is 3.33. The number of H-pyrrole nitrogens is 1. The van der Waals surface area contributed by atoms with Gasteiger partial charge in [-0.2, -0.15) is 0 Å². The maximum Gasteiger partial charge on any atom is 0.277 e. The number of halogens is 1. The normalized spacial score (nSPS) is 10.2. The third-order valence-corrected chi connectivity index (χ3v) is 2.55. The number of rotatable bonds is 3. The Morgan fingerprint density at radius 1 is 1.24 bits per heavy atom. The Bertz CT molecular complexity index is 592. The van der Waals surface area contributed by atoms with Crippen LogP contribution < -0.4 is 0 Å². The van der Waals surface area contributed by atoms with E-state index in [1.807, 2.05) is 0 Å². The molecule has 0 fully saturated rings. The van der Waals surface area contributed by atoms with E-state index in [2.05, 4.69) is 4.98 Å². The zero-order valence-electron chi connectivity index (χ0n) is 8.51. The van der Waals surface area contributed by atoms with Gasteiger partial charge in [-0.3, -0.25) is 14.9 Å².